The SMILES string of the molecule is CCOc1ccc(Cc2cc([C@H]3C[C@@H](O)CC(CO)(CO)O3)ccc2Cl)cc1F. The van der Waals surface area contributed by atoms with Crippen molar-refractivity contribution < 1.29 is 29.2 Å². The van der Waals surface area contributed by atoms with Gasteiger partial charge in [0, 0.05) is 17.9 Å². The van der Waals surface area contributed by atoms with Crippen molar-refractivity contribution >= 4 is 11.6 Å². The lowest BCUT2D eigenvalue weighted by Crippen LogP contribution is -2.48. The van der Waals surface area contributed by atoms with E-state index in [1.807, 2.05) is 6.07 Å². The summed E-state index contributed by atoms with van der Waals surface area (Å²) in [6.45, 7) is 1.41. The summed E-state index contributed by atoms with van der Waals surface area (Å²) in [6, 6.07) is 10.2. The molecule has 0 spiro atoms. The maximum Gasteiger partial charge on any atom is 0.165 e. The van der Waals surface area contributed by atoms with E-state index in [0.717, 1.165) is 16.7 Å². The third-order valence-corrected chi connectivity index (χ3v) is 5.56. The van der Waals surface area contributed by atoms with Gasteiger partial charge in [-0.05, 0) is 48.2 Å². The fraction of sp³-hybridized carbons (Fsp3) is 0.455. The van der Waals surface area contributed by atoms with Crippen molar-refractivity contribution in [2.75, 3.05) is 19.8 Å². The van der Waals surface area contributed by atoms with Crippen LogP contribution in [0.5, 0.6) is 5.75 Å². The number of halogens is 2. The number of aliphatic hydroxyl groups excluding tert-OH is 3. The topological polar surface area (TPSA) is 79.2 Å². The standard InChI is InChI=1S/C22H26ClFO5/c1-2-28-20-6-3-14(8-19(20)24)7-16-9-15(4-5-18(16)23)21-10-17(27)11-22(12-25,13-26)29-21/h3-6,8-9,17,21,25-27H,2,7,10-13H2,1H3/t17-,21-/m1/s1. The van der Waals surface area contributed by atoms with Gasteiger partial charge in [-0.2, -0.15) is 0 Å². The number of rotatable bonds is 7. The van der Waals surface area contributed by atoms with Crippen molar-refractivity contribution in [2.45, 2.75) is 44.0 Å². The minimum Gasteiger partial charge on any atom is -0.491 e. The van der Waals surface area contributed by atoms with Gasteiger partial charge in [0.1, 0.15) is 5.60 Å². The molecule has 2 aromatic rings. The zero-order valence-electron chi connectivity index (χ0n) is 16.3. The van der Waals surface area contributed by atoms with E-state index in [9.17, 15) is 19.7 Å². The molecule has 0 amide bonds. The first-order valence-electron chi connectivity index (χ1n) is 9.67. The molecular weight excluding hydrogens is 399 g/mol. The normalized spacial score (nSPS) is 21.2. The Kier molecular flexibility index (Phi) is 7.14. The Bertz CT molecular complexity index is 840. The van der Waals surface area contributed by atoms with Crippen molar-refractivity contribution in [2.24, 2.45) is 0 Å². The van der Waals surface area contributed by atoms with E-state index < -0.39 is 23.6 Å². The zero-order valence-corrected chi connectivity index (χ0v) is 17.0. The quantitative estimate of drug-likeness (QED) is 0.634. The van der Waals surface area contributed by atoms with E-state index in [0.29, 0.717) is 24.5 Å². The summed E-state index contributed by atoms with van der Waals surface area (Å²) in [5.74, 6) is -0.212. The number of aliphatic hydroxyl groups is 3. The highest BCUT2D eigenvalue weighted by atomic mass is 35.5. The first-order chi connectivity index (χ1) is 13.9. The van der Waals surface area contributed by atoms with E-state index >= 15 is 0 Å². The van der Waals surface area contributed by atoms with Crippen LogP contribution in [0.15, 0.2) is 36.4 Å². The molecule has 0 aromatic heterocycles. The molecule has 1 saturated heterocycles. The van der Waals surface area contributed by atoms with Crippen molar-refractivity contribution in [3.05, 3.63) is 63.9 Å². The second-order valence-corrected chi connectivity index (χ2v) is 7.83. The van der Waals surface area contributed by atoms with E-state index in [-0.39, 0.29) is 25.4 Å². The van der Waals surface area contributed by atoms with Crippen LogP contribution in [0.3, 0.4) is 0 Å². The molecule has 1 heterocycles. The molecule has 0 aliphatic carbocycles. The van der Waals surface area contributed by atoms with Crippen molar-refractivity contribution in [3.63, 3.8) is 0 Å². The number of hydrogen-bond donors (Lipinski definition) is 3. The molecule has 0 bridgehead atoms. The van der Waals surface area contributed by atoms with E-state index in [1.165, 1.54) is 6.07 Å². The van der Waals surface area contributed by atoms with Gasteiger partial charge in [0.2, 0.25) is 0 Å². The lowest BCUT2D eigenvalue weighted by molar-refractivity contribution is -0.198. The van der Waals surface area contributed by atoms with Gasteiger partial charge in [0.05, 0.1) is 32.0 Å². The van der Waals surface area contributed by atoms with Gasteiger partial charge >= 0.3 is 0 Å². The fourth-order valence-electron chi connectivity index (χ4n) is 3.69. The molecule has 3 rings (SSSR count). The summed E-state index contributed by atoms with van der Waals surface area (Å²) < 4.78 is 25.4. The second kappa shape index (κ2) is 9.41. The average molecular weight is 425 g/mol. The van der Waals surface area contributed by atoms with E-state index in [1.54, 1.807) is 31.2 Å². The van der Waals surface area contributed by atoms with Crippen LogP contribution in [-0.2, 0) is 11.2 Å². The van der Waals surface area contributed by atoms with Crippen molar-refractivity contribution in [1.29, 1.82) is 0 Å². The Balaban J connectivity index is 1.84. The predicted octanol–water partition coefficient (Wildman–Crippen LogP) is 3.40. The summed E-state index contributed by atoms with van der Waals surface area (Å²) in [6.07, 6.45) is -0.266. The van der Waals surface area contributed by atoms with Gasteiger partial charge in [0.25, 0.3) is 0 Å². The smallest absolute Gasteiger partial charge is 0.165 e. The van der Waals surface area contributed by atoms with Crippen LogP contribution in [0.2, 0.25) is 5.02 Å². The first-order valence-corrected chi connectivity index (χ1v) is 10.0. The monoisotopic (exact) mass is 424 g/mol. The summed E-state index contributed by atoms with van der Waals surface area (Å²) >= 11 is 6.36. The molecule has 158 valence electrons. The third-order valence-electron chi connectivity index (χ3n) is 5.19. The van der Waals surface area contributed by atoms with Gasteiger partial charge in [0.15, 0.2) is 11.6 Å². The second-order valence-electron chi connectivity index (χ2n) is 7.42. The van der Waals surface area contributed by atoms with Crippen LogP contribution in [0.1, 0.15) is 42.6 Å². The lowest BCUT2D eigenvalue weighted by Gasteiger charge is -2.41. The Hall–Kier alpha value is -1.70. The molecule has 2 aromatic carbocycles. The fourth-order valence-corrected chi connectivity index (χ4v) is 3.88. The predicted molar refractivity (Wildman–Crippen MR) is 108 cm³/mol. The molecule has 7 heteroatoms. The van der Waals surface area contributed by atoms with Gasteiger partial charge in [-0.1, -0.05) is 29.8 Å². The average Bonchev–Trinajstić information content (AvgIpc) is 2.71. The molecule has 29 heavy (non-hydrogen) atoms. The highest BCUT2D eigenvalue weighted by molar-refractivity contribution is 6.31. The summed E-state index contributed by atoms with van der Waals surface area (Å²) in [4.78, 5) is 0. The Morgan fingerprint density at radius 2 is 1.97 bits per heavy atom. The number of benzene rings is 2. The summed E-state index contributed by atoms with van der Waals surface area (Å²) in [7, 11) is 0. The molecular formula is C22H26ClFO5. The van der Waals surface area contributed by atoms with Gasteiger partial charge in [-0.3, -0.25) is 0 Å². The summed E-state index contributed by atoms with van der Waals surface area (Å²) in [5, 5.41) is 30.0. The van der Waals surface area contributed by atoms with E-state index in [2.05, 4.69) is 0 Å². The summed E-state index contributed by atoms with van der Waals surface area (Å²) in [5.41, 5.74) is 1.13. The number of ether oxygens (including phenoxy) is 2. The number of hydrogen-bond acceptors (Lipinski definition) is 5. The van der Waals surface area contributed by atoms with Crippen LogP contribution >= 0.6 is 11.6 Å². The van der Waals surface area contributed by atoms with Crippen LogP contribution in [0, 0.1) is 5.82 Å². The molecule has 0 unspecified atom stereocenters. The molecule has 0 saturated carbocycles. The van der Waals surface area contributed by atoms with Gasteiger partial charge in [-0.15, -0.1) is 0 Å². The Labute approximate surface area is 174 Å². The minimum atomic E-state index is -1.18. The molecule has 2 atom stereocenters. The Morgan fingerprint density at radius 1 is 1.21 bits per heavy atom. The minimum absolute atomic E-state index is 0.169. The molecule has 1 fully saturated rings. The van der Waals surface area contributed by atoms with E-state index in [4.69, 9.17) is 21.1 Å². The maximum absolute atomic E-state index is 14.2. The van der Waals surface area contributed by atoms with Crippen molar-refractivity contribution in [3.8, 4) is 5.75 Å². The van der Waals surface area contributed by atoms with Crippen LogP contribution < -0.4 is 4.74 Å². The molecule has 0 radical (unpaired) electrons. The van der Waals surface area contributed by atoms with Crippen LogP contribution in [0.25, 0.3) is 0 Å². The van der Waals surface area contributed by atoms with Crippen LogP contribution in [-0.4, -0.2) is 46.8 Å². The molecule has 1 aliphatic rings. The first kappa shape index (κ1) is 22.0. The molecule has 5 nitrogen and oxygen atoms in total. The lowest BCUT2D eigenvalue weighted by atomic mass is 9.88. The molecule has 3 N–H and O–H groups in total. The third kappa shape index (κ3) is 5.08. The highest BCUT2D eigenvalue weighted by Gasteiger charge is 2.41. The largest absolute Gasteiger partial charge is 0.491 e. The van der Waals surface area contributed by atoms with Gasteiger partial charge in [-0.25, -0.2) is 4.39 Å². The highest BCUT2D eigenvalue weighted by Crippen LogP contribution is 2.38. The molecule has 1 aliphatic heterocycles. The maximum atomic E-state index is 14.2. The van der Waals surface area contributed by atoms with Crippen LogP contribution in [0.4, 0.5) is 4.39 Å². The zero-order chi connectivity index (χ0) is 21.0. The van der Waals surface area contributed by atoms with Gasteiger partial charge < -0.3 is 24.8 Å². The Morgan fingerprint density at radius 3 is 2.62 bits per heavy atom. The van der Waals surface area contributed by atoms with Crippen molar-refractivity contribution in [1.82, 2.24) is 0 Å².